The first-order valence-electron chi connectivity index (χ1n) is 8.51. The molecule has 0 unspecified atom stereocenters. The number of nitrogens with one attached hydrogen (secondary N) is 1. The quantitative estimate of drug-likeness (QED) is 0.452. The lowest BCUT2D eigenvalue weighted by Crippen LogP contribution is -2.08. The Morgan fingerprint density at radius 2 is 1.73 bits per heavy atom. The maximum atomic E-state index is 13.5. The fourth-order valence-electron chi connectivity index (χ4n) is 2.83. The molecule has 6 nitrogen and oxygen atoms in total. The zero-order valence-corrected chi connectivity index (χ0v) is 14.9. The van der Waals surface area contributed by atoms with Crippen molar-refractivity contribution in [2.45, 2.75) is 12.8 Å². The average Bonchev–Trinajstić information content (AvgIpc) is 3.10. The fourth-order valence-corrected chi connectivity index (χ4v) is 2.83. The van der Waals surface area contributed by atoms with Crippen molar-refractivity contribution in [1.29, 1.82) is 0 Å². The molecule has 0 atom stereocenters. The van der Waals surface area contributed by atoms with E-state index >= 15 is 0 Å². The monoisotopic (exact) mass is 421 g/mol. The predicted octanol–water partition coefficient (Wildman–Crippen LogP) is 5.16. The third-order valence-electron chi connectivity index (χ3n) is 4.02. The summed E-state index contributed by atoms with van der Waals surface area (Å²) in [6.07, 6.45) is -1.93. The zero-order valence-electron chi connectivity index (χ0n) is 14.9. The summed E-state index contributed by atoms with van der Waals surface area (Å²) in [6.45, 7) is -2.94. The summed E-state index contributed by atoms with van der Waals surface area (Å²) >= 11 is 0. The van der Waals surface area contributed by atoms with Gasteiger partial charge in [0, 0.05) is 18.1 Å². The van der Waals surface area contributed by atoms with Crippen molar-refractivity contribution in [3.05, 3.63) is 66.6 Å². The number of imidazole rings is 1. The number of hydrogen-bond acceptors (Lipinski definition) is 5. The number of fused-ring (bicyclic) bond motifs is 1. The van der Waals surface area contributed by atoms with Gasteiger partial charge in [-0.25, -0.2) is 15.0 Å². The van der Waals surface area contributed by atoms with Crippen LogP contribution < -0.4 is 10.1 Å². The molecular formula is C19H12F5N5O. The number of alkyl halides is 5. The molecule has 0 aliphatic heterocycles. The Bertz CT molecular complexity index is 1170. The molecule has 0 radical (unpaired) electrons. The molecule has 1 N–H and O–H groups in total. The molecule has 0 saturated heterocycles. The Kier molecular flexibility index (Phi) is 4.94. The minimum absolute atomic E-state index is 0.0229. The first-order valence-corrected chi connectivity index (χ1v) is 8.51. The summed E-state index contributed by atoms with van der Waals surface area (Å²) in [7, 11) is 0. The smallest absolute Gasteiger partial charge is 0.435 e. The summed E-state index contributed by atoms with van der Waals surface area (Å²) in [6, 6.07) is 11.6. The Hall–Kier alpha value is -3.76. The van der Waals surface area contributed by atoms with E-state index in [2.05, 4.69) is 25.0 Å². The van der Waals surface area contributed by atoms with Gasteiger partial charge in [0.2, 0.25) is 5.78 Å². The van der Waals surface area contributed by atoms with Gasteiger partial charge < -0.3 is 10.1 Å². The highest BCUT2D eigenvalue weighted by Crippen LogP contribution is 2.36. The minimum atomic E-state index is -4.70. The summed E-state index contributed by atoms with van der Waals surface area (Å²) in [5.41, 5.74) is -0.822. The normalized spacial score (nSPS) is 11.8. The second-order valence-electron chi connectivity index (χ2n) is 6.03. The Labute approximate surface area is 166 Å². The van der Waals surface area contributed by atoms with Crippen molar-refractivity contribution < 1.29 is 26.7 Å². The maximum Gasteiger partial charge on any atom is 0.435 e. The van der Waals surface area contributed by atoms with Crippen LogP contribution >= 0.6 is 0 Å². The van der Waals surface area contributed by atoms with Crippen LogP contribution in [0.1, 0.15) is 5.69 Å². The van der Waals surface area contributed by atoms with Crippen LogP contribution in [0.4, 0.5) is 33.5 Å². The standard InChI is InChI=1S/C19H12F5N5O/c20-17(21)30-12-7-5-11(6-8-12)26-14-4-1-3-13(27-14)15-16(19(22,23)24)28-18-25-9-2-10-29(15)18/h1-10,17H,(H,26,27). The van der Waals surface area contributed by atoms with Crippen LogP contribution in [-0.4, -0.2) is 26.0 Å². The Balaban J connectivity index is 1.69. The summed E-state index contributed by atoms with van der Waals surface area (Å²) in [4.78, 5) is 11.7. The molecule has 11 heteroatoms. The van der Waals surface area contributed by atoms with E-state index in [1.807, 2.05) is 0 Å². The second-order valence-corrected chi connectivity index (χ2v) is 6.03. The van der Waals surface area contributed by atoms with Crippen LogP contribution in [0.5, 0.6) is 5.75 Å². The average molecular weight is 421 g/mol. The van der Waals surface area contributed by atoms with E-state index in [0.29, 0.717) is 5.69 Å². The molecule has 0 aliphatic rings. The molecule has 30 heavy (non-hydrogen) atoms. The van der Waals surface area contributed by atoms with Crippen molar-refractivity contribution in [3.63, 3.8) is 0 Å². The molecule has 4 aromatic rings. The number of benzene rings is 1. The van der Waals surface area contributed by atoms with Crippen LogP contribution in [0.3, 0.4) is 0 Å². The lowest BCUT2D eigenvalue weighted by atomic mass is 10.2. The SMILES string of the molecule is FC(F)Oc1ccc(Nc2cccc(-c3c(C(F)(F)F)nc4ncccn34)n2)cc1. The van der Waals surface area contributed by atoms with Gasteiger partial charge in [-0.3, -0.25) is 4.40 Å². The summed E-state index contributed by atoms with van der Waals surface area (Å²) in [5.74, 6) is 0.127. The van der Waals surface area contributed by atoms with E-state index in [9.17, 15) is 22.0 Å². The van der Waals surface area contributed by atoms with E-state index in [0.717, 1.165) is 0 Å². The predicted molar refractivity (Wildman–Crippen MR) is 97.6 cm³/mol. The van der Waals surface area contributed by atoms with Crippen LogP contribution in [-0.2, 0) is 6.18 Å². The van der Waals surface area contributed by atoms with Gasteiger partial charge in [0.1, 0.15) is 17.3 Å². The highest BCUT2D eigenvalue weighted by molar-refractivity contribution is 5.66. The van der Waals surface area contributed by atoms with Crippen molar-refractivity contribution in [2.24, 2.45) is 0 Å². The first-order chi connectivity index (χ1) is 14.3. The van der Waals surface area contributed by atoms with Crippen molar-refractivity contribution in [2.75, 3.05) is 5.32 Å². The number of aromatic nitrogens is 4. The van der Waals surface area contributed by atoms with E-state index in [-0.39, 0.29) is 28.7 Å². The minimum Gasteiger partial charge on any atom is -0.435 e. The first kappa shape index (κ1) is 19.6. The lowest BCUT2D eigenvalue weighted by Gasteiger charge is -2.10. The molecule has 1 aromatic carbocycles. The third kappa shape index (κ3) is 4.00. The molecule has 0 spiro atoms. The van der Waals surface area contributed by atoms with E-state index in [1.54, 1.807) is 6.07 Å². The van der Waals surface area contributed by atoms with Gasteiger partial charge in [0.15, 0.2) is 5.69 Å². The highest BCUT2D eigenvalue weighted by atomic mass is 19.4. The van der Waals surface area contributed by atoms with Crippen molar-refractivity contribution >= 4 is 17.3 Å². The Morgan fingerprint density at radius 1 is 0.967 bits per heavy atom. The van der Waals surface area contributed by atoms with Gasteiger partial charge in [-0.1, -0.05) is 6.07 Å². The van der Waals surface area contributed by atoms with E-state index < -0.39 is 18.5 Å². The van der Waals surface area contributed by atoms with Crippen LogP contribution in [0.15, 0.2) is 60.9 Å². The molecule has 0 bridgehead atoms. The fraction of sp³-hybridized carbons (Fsp3) is 0.105. The lowest BCUT2D eigenvalue weighted by molar-refractivity contribution is -0.140. The zero-order chi connectivity index (χ0) is 21.3. The van der Waals surface area contributed by atoms with Gasteiger partial charge in [-0.15, -0.1) is 0 Å². The summed E-state index contributed by atoms with van der Waals surface area (Å²) in [5, 5.41) is 2.91. The van der Waals surface area contributed by atoms with Gasteiger partial charge >= 0.3 is 12.8 Å². The van der Waals surface area contributed by atoms with Gasteiger partial charge in [0.25, 0.3) is 0 Å². The molecule has 4 rings (SSSR count). The van der Waals surface area contributed by atoms with Crippen LogP contribution in [0.25, 0.3) is 17.2 Å². The van der Waals surface area contributed by atoms with Crippen molar-refractivity contribution in [1.82, 2.24) is 19.4 Å². The molecule has 0 fully saturated rings. The number of nitrogens with zero attached hydrogens (tertiary/aromatic N) is 4. The largest absolute Gasteiger partial charge is 0.435 e. The number of pyridine rings is 1. The third-order valence-corrected chi connectivity index (χ3v) is 4.02. The number of halogens is 5. The highest BCUT2D eigenvalue weighted by Gasteiger charge is 2.39. The number of hydrogen-bond donors (Lipinski definition) is 1. The molecule has 3 aromatic heterocycles. The number of ether oxygens (including phenoxy) is 1. The molecule has 0 aliphatic carbocycles. The van der Waals surface area contributed by atoms with E-state index in [4.69, 9.17) is 0 Å². The second kappa shape index (κ2) is 7.58. The topological polar surface area (TPSA) is 64.3 Å². The number of anilines is 2. The molecular weight excluding hydrogens is 409 g/mol. The van der Waals surface area contributed by atoms with Gasteiger partial charge in [0.05, 0.1) is 5.69 Å². The van der Waals surface area contributed by atoms with Gasteiger partial charge in [-0.2, -0.15) is 22.0 Å². The van der Waals surface area contributed by atoms with Crippen LogP contribution in [0.2, 0.25) is 0 Å². The number of rotatable bonds is 5. The van der Waals surface area contributed by atoms with E-state index in [1.165, 1.54) is 59.3 Å². The Morgan fingerprint density at radius 3 is 2.43 bits per heavy atom. The molecule has 3 heterocycles. The van der Waals surface area contributed by atoms with Gasteiger partial charge in [-0.05, 0) is 42.5 Å². The maximum absolute atomic E-state index is 13.5. The molecule has 0 saturated carbocycles. The molecule has 0 amide bonds. The van der Waals surface area contributed by atoms with Crippen molar-refractivity contribution in [3.8, 4) is 17.1 Å². The molecule has 154 valence electrons. The van der Waals surface area contributed by atoms with Crippen LogP contribution in [0, 0.1) is 0 Å². The summed E-state index contributed by atoms with van der Waals surface area (Å²) < 4.78 is 70.6.